The highest BCUT2D eigenvalue weighted by Crippen LogP contribution is 2.33. The van der Waals surface area contributed by atoms with E-state index in [0.717, 1.165) is 17.8 Å². The molecule has 1 atom stereocenters. The summed E-state index contributed by atoms with van der Waals surface area (Å²) in [6.07, 6.45) is 1.80. The van der Waals surface area contributed by atoms with Gasteiger partial charge in [0.15, 0.2) is 0 Å². The third-order valence-electron chi connectivity index (χ3n) is 4.13. The first-order valence-electron chi connectivity index (χ1n) is 7.93. The lowest BCUT2D eigenvalue weighted by molar-refractivity contribution is -0.118. The Balaban J connectivity index is 1.45. The number of nitrogens with zero attached hydrogens (tertiary/aromatic N) is 3. The van der Waals surface area contributed by atoms with Crippen molar-refractivity contribution in [1.82, 2.24) is 10.2 Å². The molecule has 2 aliphatic rings. The van der Waals surface area contributed by atoms with Crippen molar-refractivity contribution in [2.24, 2.45) is 0 Å². The van der Waals surface area contributed by atoms with Crippen molar-refractivity contribution in [3.63, 3.8) is 0 Å². The number of hydrogen-bond donors (Lipinski definition) is 1. The summed E-state index contributed by atoms with van der Waals surface area (Å²) in [7, 11) is 0. The summed E-state index contributed by atoms with van der Waals surface area (Å²) in [6, 6.07) is 4.93. The topological polar surface area (TPSA) is 101 Å². The number of nitrogens with one attached hydrogen (secondary N) is 1. The van der Waals surface area contributed by atoms with Crippen molar-refractivity contribution >= 4 is 55.7 Å². The Morgan fingerprint density at radius 3 is 3.00 bits per heavy atom. The Hall–Kier alpha value is -2.17. The van der Waals surface area contributed by atoms with Crippen LogP contribution in [0.4, 0.5) is 10.8 Å². The van der Waals surface area contributed by atoms with E-state index in [4.69, 9.17) is 4.74 Å². The first kappa shape index (κ1) is 17.3. The molecule has 8 nitrogen and oxygen atoms in total. The van der Waals surface area contributed by atoms with Crippen LogP contribution in [0.3, 0.4) is 0 Å². The zero-order valence-corrected chi connectivity index (χ0v) is 15.8. The van der Waals surface area contributed by atoms with Crippen LogP contribution in [-0.2, 0) is 14.3 Å². The summed E-state index contributed by atoms with van der Waals surface area (Å²) in [6.45, 7) is 0.431. The van der Waals surface area contributed by atoms with Crippen LogP contribution in [-0.4, -0.2) is 40.9 Å². The summed E-state index contributed by atoms with van der Waals surface area (Å²) in [5.41, 5.74) is 0.712. The van der Waals surface area contributed by atoms with Crippen LogP contribution in [0.1, 0.15) is 34.3 Å². The van der Waals surface area contributed by atoms with Gasteiger partial charge in [0, 0.05) is 11.1 Å². The fraction of sp³-hybridized carbons (Fsp3) is 0.312. The fourth-order valence-electron chi connectivity index (χ4n) is 2.92. The average molecular weight is 437 g/mol. The Morgan fingerprint density at radius 2 is 2.23 bits per heavy atom. The fourth-order valence-corrected chi connectivity index (χ4v) is 4.12. The predicted molar refractivity (Wildman–Crippen MR) is 97.3 cm³/mol. The highest BCUT2D eigenvalue weighted by atomic mass is 79.9. The standard InChI is InChI=1S/C16H13BrN4O4S/c17-8-3-4-10-9(6-8)13(23)15(24)21(10)7-12(22)18-16-20-19-14(26-16)11-2-1-5-25-11/h3-4,6,11H,1-2,5,7H2,(H,18,20,22). The van der Waals surface area contributed by atoms with Crippen molar-refractivity contribution in [3.05, 3.63) is 33.2 Å². The number of carbonyl (C=O) groups excluding carboxylic acids is 3. The SMILES string of the molecule is O=C(CN1C(=O)C(=O)c2cc(Br)ccc21)Nc1nnc(C2CCCO2)s1. The van der Waals surface area contributed by atoms with Crippen LogP contribution in [0.25, 0.3) is 0 Å². The minimum Gasteiger partial charge on any atom is -0.371 e. The number of ether oxygens (including phenoxy) is 1. The maximum Gasteiger partial charge on any atom is 0.299 e. The minimum absolute atomic E-state index is 0.0683. The van der Waals surface area contributed by atoms with Crippen molar-refractivity contribution < 1.29 is 19.1 Å². The molecular weight excluding hydrogens is 424 g/mol. The highest BCUT2D eigenvalue weighted by Gasteiger charge is 2.37. The van der Waals surface area contributed by atoms with Gasteiger partial charge < -0.3 is 4.74 Å². The van der Waals surface area contributed by atoms with Gasteiger partial charge >= 0.3 is 0 Å². The van der Waals surface area contributed by atoms with Crippen molar-refractivity contribution in [2.75, 3.05) is 23.4 Å². The number of amides is 2. The van der Waals surface area contributed by atoms with Crippen LogP contribution >= 0.6 is 27.3 Å². The number of hydrogen-bond acceptors (Lipinski definition) is 7. The lowest BCUT2D eigenvalue weighted by atomic mass is 10.1. The molecule has 1 unspecified atom stereocenters. The number of carbonyl (C=O) groups is 3. The normalized spacial score (nSPS) is 19.1. The lowest BCUT2D eigenvalue weighted by Gasteiger charge is -2.15. The molecule has 0 radical (unpaired) electrons. The van der Waals surface area contributed by atoms with Crippen molar-refractivity contribution in [1.29, 1.82) is 0 Å². The van der Waals surface area contributed by atoms with E-state index in [-0.39, 0.29) is 18.2 Å². The van der Waals surface area contributed by atoms with Crippen LogP contribution in [0.15, 0.2) is 22.7 Å². The molecular formula is C16H13BrN4O4S. The van der Waals surface area contributed by atoms with Crippen LogP contribution in [0.2, 0.25) is 0 Å². The molecule has 0 aliphatic carbocycles. The first-order chi connectivity index (χ1) is 12.5. The second-order valence-electron chi connectivity index (χ2n) is 5.88. The summed E-state index contributed by atoms with van der Waals surface area (Å²) in [5.74, 6) is -1.78. The minimum atomic E-state index is -0.717. The van der Waals surface area contributed by atoms with E-state index in [2.05, 4.69) is 31.4 Å². The monoisotopic (exact) mass is 436 g/mol. The smallest absolute Gasteiger partial charge is 0.299 e. The molecule has 134 valence electrons. The van der Waals surface area contributed by atoms with Gasteiger partial charge in [0.2, 0.25) is 11.0 Å². The number of Topliss-reactive ketones (excluding diaryl/α,β-unsaturated/α-hetero) is 1. The maximum absolute atomic E-state index is 12.3. The predicted octanol–water partition coefficient (Wildman–Crippen LogP) is 2.32. The maximum atomic E-state index is 12.3. The summed E-state index contributed by atoms with van der Waals surface area (Å²) < 4.78 is 6.23. The second-order valence-corrected chi connectivity index (χ2v) is 7.80. The van der Waals surface area contributed by atoms with Gasteiger partial charge in [0.05, 0.1) is 11.3 Å². The van der Waals surface area contributed by atoms with E-state index < -0.39 is 17.6 Å². The number of anilines is 2. The van der Waals surface area contributed by atoms with Crippen LogP contribution < -0.4 is 10.2 Å². The number of fused-ring (bicyclic) bond motifs is 1. The largest absolute Gasteiger partial charge is 0.371 e. The third-order valence-corrected chi connectivity index (χ3v) is 5.55. The van der Waals surface area contributed by atoms with Gasteiger partial charge in [-0.1, -0.05) is 27.3 Å². The number of rotatable bonds is 4. The van der Waals surface area contributed by atoms with E-state index in [1.807, 2.05) is 0 Å². The lowest BCUT2D eigenvalue weighted by Crippen LogP contribution is -2.37. The van der Waals surface area contributed by atoms with E-state index in [0.29, 0.717) is 21.9 Å². The molecule has 3 heterocycles. The molecule has 26 heavy (non-hydrogen) atoms. The first-order valence-corrected chi connectivity index (χ1v) is 9.54. The summed E-state index contributed by atoms with van der Waals surface area (Å²) in [4.78, 5) is 37.7. The molecule has 1 fully saturated rings. The van der Waals surface area contributed by atoms with E-state index in [1.54, 1.807) is 18.2 Å². The molecule has 2 amide bonds. The Morgan fingerprint density at radius 1 is 1.38 bits per heavy atom. The average Bonchev–Trinajstić information content (AvgIpc) is 3.33. The molecule has 0 saturated carbocycles. The molecule has 0 spiro atoms. The van der Waals surface area contributed by atoms with E-state index in [9.17, 15) is 14.4 Å². The zero-order valence-electron chi connectivity index (χ0n) is 13.4. The zero-order chi connectivity index (χ0) is 18.3. The van der Waals surface area contributed by atoms with Gasteiger partial charge in [0.25, 0.3) is 11.7 Å². The van der Waals surface area contributed by atoms with Gasteiger partial charge in [-0.3, -0.25) is 24.6 Å². The molecule has 2 aromatic rings. The Labute approximate surface area is 160 Å². The summed E-state index contributed by atoms with van der Waals surface area (Å²) >= 11 is 4.52. The van der Waals surface area contributed by atoms with Gasteiger partial charge in [-0.25, -0.2) is 0 Å². The number of ketones is 1. The highest BCUT2D eigenvalue weighted by molar-refractivity contribution is 9.10. The van der Waals surface area contributed by atoms with E-state index >= 15 is 0 Å². The van der Waals surface area contributed by atoms with E-state index in [1.165, 1.54) is 16.2 Å². The molecule has 1 N–H and O–H groups in total. The molecule has 1 aromatic carbocycles. The summed E-state index contributed by atoms with van der Waals surface area (Å²) in [5, 5.41) is 11.7. The third kappa shape index (κ3) is 3.15. The second kappa shape index (κ2) is 6.86. The van der Waals surface area contributed by atoms with Gasteiger partial charge in [-0.15, -0.1) is 10.2 Å². The quantitative estimate of drug-likeness (QED) is 0.737. The molecule has 10 heteroatoms. The van der Waals surface area contributed by atoms with Gasteiger partial charge in [0.1, 0.15) is 17.7 Å². The Kier molecular flexibility index (Phi) is 4.55. The van der Waals surface area contributed by atoms with Crippen molar-refractivity contribution in [3.8, 4) is 0 Å². The van der Waals surface area contributed by atoms with Crippen LogP contribution in [0, 0.1) is 0 Å². The van der Waals surface area contributed by atoms with Crippen LogP contribution in [0.5, 0.6) is 0 Å². The molecule has 1 saturated heterocycles. The van der Waals surface area contributed by atoms with Crippen molar-refractivity contribution in [2.45, 2.75) is 18.9 Å². The molecule has 4 rings (SSSR count). The molecule has 1 aromatic heterocycles. The molecule has 2 aliphatic heterocycles. The molecule has 0 bridgehead atoms. The Bertz CT molecular complexity index is 909. The number of benzene rings is 1. The van der Waals surface area contributed by atoms with Gasteiger partial charge in [-0.05, 0) is 31.0 Å². The number of aromatic nitrogens is 2. The van der Waals surface area contributed by atoms with Gasteiger partial charge in [-0.2, -0.15) is 0 Å². The number of halogens is 1.